The number of ether oxygens (including phenoxy) is 2. The summed E-state index contributed by atoms with van der Waals surface area (Å²) in [6, 6.07) is 8.57. The van der Waals surface area contributed by atoms with Crippen LogP contribution in [0.3, 0.4) is 0 Å². The van der Waals surface area contributed by atoms with E-state index in [1.54, 1.807) is 30.3 Å². The fraction of sp³-hybridized carbons (Fsp3) is 0.571. The molecule has 0 heterocycles. The fourth-order valence-electron chi connectivity index (χ4n) is 3.49. The Morgan fingerprint density at radius 2 is 1.81 bits per heavy atom. The SMILES string of the molecule is CC(C)[C@H]1CC[C@@H](C)C[C@H]1OC(=O)COC(=O)CNC(=O)c1ccccc1. The van der Waals surface area contributed by atoms with Crippen molar-refractivity contribution in [3.05, 3.63) is 35.9 Å². The van der Waals surface area contributed by atoms with E-state index in [0.717, 1.165) is 19.3 Å². The first-order valence-electron chi connectivity index (χ1n) is 9.55. The van der Waals surface area contributed by atoms with Crippen LogP contribution in [0, 0.1) is 17.8 Å². The summed E-state index contributed by atoms with van der Waals surface area (Å²) < 4.78 is 10.5. The number of hydrogen-bond acceptors (Lipinski definition) is 5. The van der Waals surface area contributed by atoms with Crippen LogP contribution in [-0.4, -0.2) is 37.1 Å². The lowest BCUT2D eigenvalue weighted by Gasteiger charge is -2.36. The maximum absolute atomic E-state index is 12.1. The highest BCUT2D eigenvalue weighted by Crippen LogP contribution is 2.35. The summed E-state index contributed by atoms with van der Waals surface area (Å²) in [5.41, 5.74) is 0.454. The van der Waals surface area contributed by atoms with Gasteiger partial charge in [0.15, 0.2) is 6.61 Å². The summed E-state index contributed by atoms with van der Waals surface area (Å²) in [6.45, 7) is 5.70. The van der Waals surface area contributed by atoms with Crippen LogP contribution in [0.1, 0.15) is 50.4 Å². The van der Waals surface area contributed by atoms with Gasteiger partial charge in [0.25, 0.3) is 5.91 Å². The molecule has 1 aliphatic carbocycles. The average molecular weight is 375 g/mol. The fourth-order valence-corrected chi connectivity index (χ4v) is 3.49. The van der Waals surface area contributed by atoms with Gasteiger partial charge in [-0.1, -0.05) is 45.4 Å². The van der Waals surface area contributed by atoms with Gasteiger partial charge in [-0.2, -0.15) is 0 Å². The molecule has 1 aliphatic rings. The van der Waals surface area contributed by atoms with Gasteiger partial charge in [-0.3, -0.25) is 9.59 Å². The minimum atomic E-state index is -0.673. The molecule has 0 unspecified atom stereocenters. The Hall–Kier alpha value is -2.37. The Morgan fingerprint density at radius 3 is 2.48 bits per heavy atom. The highest BCUT2D eigenvalue weighted by Gasteiger charge is 2.33. The van der Waals surface area contributed by atoms with Crippen molar-refractivity contribution in [2.75, 3.05) is 13.2 Å². The molecule has 1 aromatic rings. The number of carbonyl (C=O) groups excluding carboxylic acids is 3. The van der Waals surface area contributed by atoms with E-state index in [1.165, 1.54) is 0 Å². The molecule has 1 saturated carbocycles. The van der Waals surface area contributed by atoms with Gasteiger partial charge >= 0.3 is 11.9 Å². The highest BCUT2D eigenvalue weighted by atomic mass is 16.6. The molecule has 1 fully saturated rings. The van der Waals surface area contributed by atoms with E-state index >= 15 is 0 Å². The molecule has 1 amide bonds. The largest absolute Gasteiger partial charge is 0.460 e. The zero-order valence-corrected chi connectivity index (χ0v) is 16.3. The predicted molar refractivity (Wildman–Crippen MR) is 101 cm³/mol. The Balaban J connectivity index is 1.72. The second kappa shape index (κ2) is 10.1. The Bertz CT molecular complexity index is 643. The third kappa shape index (κ3) is 6.70. The maximum Gasteiger partial charge on any atom is 0.344 e. The molecule has 1 aromatic carbocycles. The number of hydrogen-bond donors (Lipinski definition) is 1. The number of esters is 2. The van der Waals surface area contributed by atoms with Crippen LogP contribution in [0.4, 0.5) is 0 Å². The van der Waals surface area contributed by atoms with E-state index < -0.39 is 18.5 Å². The van der Waals surface area contributed by atoms with Crippen molar-refractivity contribution in [2.45, 2.75) is 46.1 Å². The lowest BCUT2D eigenvalue weighted by atomic mass is 9.75. The van der Waals surface area contributed by atoms with Crippen molar-refractivity contribution in [1.82, 2.24) is 5.32 Å². The van der Waals surface area contributed by atoms with E-state index in [0.29, 0.717) is 23.3 Å². The molecule has 0 spiro atoms. The van der Waals surface area contributed by atoms with Gasteiger partial charge in [-0.05, 0) is 42.7 Å². The monoisotopic (exact) mass is 375 g/mol. The molecular formula is C21H29NO5. The first-order valence-corrected chi connectivity index (χ1v) is 9.55. The molecular weight excluding hydrogens is 346 g/mol. The molecule has 6 nitrogen and oxygen atoms in total. The molecule has 0 aromatic heterocycles. The second-order valence-corrected chi connectivity index (χ2v) is 7.56. The van der Waals surface area contributed by atoms with E-state index in [9.17, 15) is 14.4 Å². The molecule has 0 bridgehead atoms. The predicted octanol–water partition coefficient (Wildman–Crippen LogP) is 2.96. The average Bonchev–Trinajstić information content (AvgIpc) is 2.65. The van der Waals surface area contributed by atoms with Gasteiger partial charge < -0.3 is 14.8 Å². The minimum absolute atomic E-state index is 0.127. The normalized spacial score (nSPS) is 22.1. The summed E-state index contributed by atoms with van der Waals surface area (Å²) in [5.74, 6) is -0.284. The smallest absolute Gasteiger partial charge is 0.344 e. The van der Waals surface area contributed by atoms with Crippen LogP contribution in [0.2, 0.25) is 0 Å². The molecule has 6 heteroatoms. The van der Waals surface area contributed by atoms with E-state index in [1.807, 2.05) is 0 Å². The van der Waals surface area contributed by atoms with Crippen molar-refractivity contribution >= 4 is 17.8 Å². The summed E-state index contributed by atoms with van der Waals surface area (Å²) >= 11 is 0. The Labute approximate surface area is 160 Å². The third-order valence-electron chi connectivity index (χ3n) is 5.02. The summed E-state index contributed by atoms with van der Waals surface area (Å²) in [6.07, 6.45) is 2.91. The molecule has 1 N–H and O–H groups in total. The Morgan fingerprint density at radius 1 is 1.11 bits per heavy atom. The van der Waals surface area contributed by atoms with Crippen LogP contribution in [0.5, 0.6) is 0 Å². The summed E-state index contributed by atoms with van der Waals surface area (Å²) in [4.78, 5) is 35.7. The number of rotatable bonds is 7. The topological polar surface area (TPSA) is 81.7 Å². The van der Waals surface area contributed by atoms with Gasteiger partial charge in [-0.25, -0.2) is 4.79 Å². The van der Waals surface area contributed by atoms with Crippen molar-refractivity contribution < 1.29 is 23.9 Å². The van der Waals surface area contributed by atoms with Crippen LogP contribution in [0.15, 0.2) is 30.3 Å². The lowest BCUT2D eigenvalue weighted by Crippen LogP contribution is -2.37. The maximum atomic E-state index is 12.1. The Kier molecular flexibility index (Phi) is 7.82. The third-order valence-corrected chi connectivity index (χ3v) is 5.02. The minimum Gasteiger partial charge on any atom is -0.460 e. The standard InChI is InChI=1S/C21H29NO5/c1-14(2)17-10-9-15(3)11-18(17)27-20(24)13-26-19(23)12-22-21(25)16-7-5-4-6-8-16/h4-8,14-15,17-18H,9-13H2,1-3H3,(H,22,25)/t15-,17-,18-/m1/s1. The summed E-state index contributed by atoms with van der Waals surface area (Å²) in [5, 5.41) is 2.47. The van der Waals surface area contributed by atoms with E-state index in [4.69, 9.17) is 9.47 Å². The number of carbonyl (C=O) groups is 3. The molecule has 0 saturated heterocycles. The van der Waals surface area contributed by atoms with Crippen molar-refractivity contribution in [3.63, 3.8) is 0 Å². The second-order valence-electron chi connectivity index (χ2n) is 7.56. The van der Waals surface area contributed by atoms with Crippen molar-refractivity contribution in [2.24, 2.45) is 17.8 Å². The van der Waals surface area contributed by atoms with Crippen LogP contribution in [-0.2, 0) is 19.1 Å². The van der Waals surface area contributed by atoms with Gasteiger partial charge in [0.05, 0.1) is 0 Å². The first-order chi connectivity index (χ1) is 12.9. The number of amides is 1. The van der Waals surface area contributed by atoms with Crippen LogP contribution >= 0.6 is 0 Å². The molecule has 148 valence electrons. The van der Waals surface area contributed by atoms with Gasteiger partial charge in [-0.15, -0.1) is 0 Å². The molecule has 3 atom stereocenters. The van der Waals surface area contributed by atoms with Crippen molar-refractivity contribution in [3.8, 4) is 0 Å². The molecule has 0 radical (unpaired) electrons. The van der Waals surface area contributed by atoms with Crippen LogP contribution < -0.4 is 5.32 Å². The van der Waals surface area contributed by atoms with E-state index in [2.05, 4.69) is 26.1 Å². The zero-order valence-electron chi connectivity index (χ0n) is 16.3. The van der Waals surface area contributed by atoms with Gasteiger partial charge in [0, 0.05) is 5.56 Å². The highest BCUT2D eigenvalue weighted by molar-refractivity contribution is 5.95. The zero-order chi connectivity index (χ0) is 19.8. The molecule has 2 rings (SSSR count). The lowest BCUT2D eigenvalue weighted by molar-refractivity contribution is -0.166. The van der Waals surface area contributed by atoms with E-state index in [-0.39, 0.29) is 18.6 Å². The summed E-state index contributed by atoms with van der Waals surface area (Å²) in [7, 11) is 0. The van der Waals surface area contributed by atoms with Gasteiger partial charge in [0.1, 0.15) is 12.6 Å². The van der Waals surface area contributed by atoms with Gasteiger partial charge in [0.2, 0.25) is 0 Å². The molecule has 27 heavy (non-hydrogen) atoms. The van der Waals surface area contributed by atoms with Crippen LogP contribution in [0.25, 0.3) is 0 Å². The molecule has 0 aliphatic heterocycles. The number of benzene rings is 1. The first kappa shape index (κ1) is 20.9. The quantitative estimate of drug-likeness (QED) is 0.741. The van der Waals surface area contributed by atoms with Crippen molar-refractivity contribution in [1.29, 1.82) is 0 Å². The number of nitrogens with one attached hydrogen (secondary N) is 1.